The van der Waals surface area contributed by atoms with E-state index in [4.69, 9.17) is 4.74 Å². The molecule has 6 heteroatoms. The second kappa shape index (κ2) is 6.51. The van der Waals surface area contributed by atoms with E-state index in [1.807, 2.05) is 25.1 Å². The third kappa shape index (κ3) is 3.68. The SMILES string of the molecule is COc1ccc(C)cc1/C=C/C(=O)NCc1ncn[nH]1. The van der Waals surface area contributed by atoms with Gasteiger partial charge in [-0.05, 0) is 25.1 Å². The molecule has 2 rings (SSSR count). The summed E-state index contributed by atoms with van der Waals surface area (Å²) in [5.74, 6) is 1.14. The molecule has 1 aromatic heterocycles. The number of aromatic nitrogens is 3. The molecule has 6 nitrogen and oxygen atoms in total. The molecule has 0 bridgehead atoms. The molecule has 2 aromatic rings. The third-order valence-corrected chi connectivity index (χ3v) is 2.69. The van der Waals surface area contributed by atoms with Gasteiger partial charge in [-0.1, -0.05) is 11.6 Å². The molecular weight excluding hydrogens is 256 g/mol. The van der Waals surface area contributed by atoms with Gasteiger partial charge < -0.3 is 10.1 Å². The number of carbonyl (C=O) groups is 1. The number of benzene rings is 1. The number of nitrogens with zero attached hydrogens (tertiary/aromatic N) is 2. The number of nitrogens with one attached hydrogen (secondary N) is 2. The molecular formula is C14H16N4O2. The summed E-state index contributed by atoms with van der Waals surface area (Å²) in [6, 6.07) is 5.79. The lowest BCUT2D eigenvalue weighted by Crippen LogP contribution is -2.20. The number of methoxy groups -OCH3 is 1. The molecule has 0 fully saturated rings. The number of hydrogen-bond acceptors (Lipinski definition) is 4. The van der Waals surface area contributed by atoms with Crippen molar-refractivity contribution in [3.63, 3.8) is 0 Å². The van der Waals surface area contributed by atoms with Crippen molar-refractivity contribution in [1.82, 2.24) is 20.5 Å². The summed E-state index contributed by atoms with van der Waals surface area (Å²) in [6.07, 6.45) is 4.59. The van der Waals surface area contributed by atoms with Gasteiger partial charge >= 0.3 is 0 Å². The highest BCUT2D eigenvalue weighted by Gasteiger charge is 2.02. The fraction of sp³-hybridized carbons (Fsp3) is 0.214. The van der Waals surface area contributed by atoms with Crippen molar-refractivity contribution < 1.29 is 9.53 Å². The van der Waals surface area contributed by atoms with Crippen molar-refractivity contribution in [3.05, 3.63) is 47.6 Å². The second-order valence-corrected chi connectivity index (χ2v) is 4.23. The molecule has 20 heavy (non-hydrogen) atoms. The Morgan fingerprint density at radius 1 is 1.50 bits per heavy atom. The minimum atomic E-state index is -0.204. The van der Waals surface area contributed by atoms with Crippen LogP contribution in [0, 0.1) is 6.92 Å². The van der Waals surface area contributed by atoms with Gasteiger partial charge in [-0.25, -0.2) is 4.98 Å². The Hall–Kier alpha value is -2.63. The smallest absolute Gasteiger partial charge is 0.244 e. The summed E-state index contributed by atoms with van der Waals surface area (Å²) in [5, 5.41) is 9.08. The van der Waals surface area contributed by atoms with Gasteiger partial charge in [0, 0.05) is 11.6 Å². The molecule has 1 heterocycles. The predicted molar refractivity (Wildman–Crippen MR) is 75.0 cm³/mol. The zero-order chi connectivity index (χ0) is 14.4. The van der Waals surface area contributed by atoms with Crippen LogP contribution in [0.15, 0.2) is 30.6 Å². The van der Waals surface area contributed by atoms with E-state index in [1.165, 1.54) is 12.4 Å². The minimum absolute atomic E-state index is 0.204. The first-order chi connectivity index (χ1) is 9.69. The van der Waals surface area contributed by atoms with E-state index in [-0.39, 0.29) is 5.91 Å². The van der Waals surface area contributed by atoms with Crippen molar-refractivity contribution in [2.45, 2.75) is 13.5 Å². The van der Waals surface area contributed by atoms with Gasteiger partial charge in [0.05, 0.1) is 13.7 Å². The number of H-pyrrole nitrogens is 1. The average Bonchev–Trinajstić information content (AvgIpc) is 2.96. The topological polar surface area (TPSA) is 79.9 Å². The van der Waals surface area contributed by atoms with E-state index in [1.54, 1.807) is 13.2 Å². The van der Waals surface area contributed by atoms with Gasteiger partial charge in [0.1, 0.15) is 17.9 Å². The highest BCUT2D eigenvalue weighted by atomic mass is 16.5. The predicted octanol–water partition coefficient (Wildman–Crippen LogP) is 1.45. The molecule has 0 aliphatic rings. The van der Waals surface area contributed by atoms with Crippen LogP contribution in [-0.2, 0) is 11.3 Å². The van der Waals surface area contributed by atoms with E-state index >= 15 is 0 Å². The summed E-state index contributed by atoms with van der Waals surface area (Å²) >= 11 is 0. The van der Waals surface area contributed by atoms with Crippen LogP contribution in [0.1, 0.15) is 17.0 Å². The third-order valence-electron chi connectivity index (χ3n) is 2.69. The first kappa shape index (κ1) is 13.8. The zero-order valence-electron chi connectivity index (χ0n) is 11.4. The Labute approximate surface area is 116 Å². The van der Waals surface area contributed by atoms with Crippen LogP contribution >= 0.6 is 0 Å². The maximum atomic E-state index is 11.7. The first-order valence-corrected chi connectivity index (χ1v) is 6.14. The van der Waals surface area contributed by atoms with Crippen LogP contribution in [0.5, 0.6) is 5.75 Å². The van der Waals surface area contributed by atoms with E-state index in [2.05, 4.69) is 20.5 Å². The lowest BCUT2D eigenvalue weighted by atomic mass is 10.1. The fourth-order valence-electron chi connectivity index (χ4n) is 1.70. The number of hydrogen-bond donors (Lipinski definition) is 2. The average molecular weight is 272 g/mol. The highest BCUT2D eigenvalue weighted by Crippen LogP contribution is 2.20. The maximum absolute atomic E-state index is 11.7. The summed E-state index contributed by atoms with van der Waals surface area (Å²) in [5.41, 5.74) is 1.97. The van der Waals surface area contributed by atoms with Crippen molar-refractivity contribution in [1.29, 1.82) is 0 Å². The lowest BCUT2D eigenvalue weighted by Gasteiger charge is -2.05. The summed E-state index contributed by atoms with van der Waals surface area (Å²) in [4.78, 5) is 15.6. The Morgan fingerprint density at radius 3 is 3.05 bits per heavy atom. The van der Waals surface area contributed by atoms with E-state index in [0.717, 1.165) is 16.9 Å². The Balaban J connectivity index is 1.98. The molecule has 0 spiro atoms. The number of aromatic amines is 1. The van der Waals surface area contributed by atoms with Gasteiger partial charge in [-0.15, -0.1) is 0 Å². The summed E-state index contributed by atoms with van der Waals surface area (Å²) in [7, 11) is 1.60. The second-order valence-electron chi connectivity index (χ2n) is 4.23. The van der Waals surface area contributed by atoms with Crippen molar-refractivity contribution in [2.75, 3.05) is 7.11 Å². The van der Waals surface area contributed by atoms with Gasteiger partial charge in [0.2, 0.25) is 5.91 Å². The van der Waals surface area contributed by atoms with Gasteiger partial charge in [-0.2, -0.15) is 5.10 Å². The van der Waals surface area contributed by atoms with Crippen LogP contribution in [0.3, 0.4) is 0 Å². The Kier molecular flexibility index (Phi) is 4.49. The molecule has 0 unspecified atom stereocenters. The van der Waals surface area contributed by atoms with Crippen LogP contribution < -0.4 is 10.1 Å². The zero-order valence-corrected chi connectivity index (χ0v) is 11.4. The Bertz CT molecular complexity index is 606. The number of aryl methyl sites for hydroxylation is 1. The minimum Gasteiger partial charge on any atom is -0.496 e. The molecule has 0 radical (unpaired) electrons. The summed E-state index contributed by atoms with van der Waals surface area (Å²) in [6.45, 7) is 2.30. The van der Waals surface area contributed by atoms with Crippen molar-refractivity contribution in [3.8, 4) is 5.75 Å². The monoisotopic (exact) mass is 272 g/mol. The fourth-order valence-corrected chi connectivity index (χ4v) is 1.70. The van der Waals surface area contributed by atoms with Crippen LogP contribution in [0.4, 0.5) is 0 Å². The number of ether oxygens (including phenoxy) is 1. The first-order valence-electron chi connectivity index (χ1n) is 6.14. The lowest BCUT2D eigenvalue weighted by molar-refractivity contribution is -0.116. The summed E-state index contributed by atoms with van der Waals surface area (Å²) < 4.78 is 5.25. The molecule has 0 saturated heterocycles. The van der Waals surface area contributed by atoms with E-state index in [9.17, 15) is 4.79 Å². The molecule has 104 valence electrons. The normalized spacial score (nSPS) is 10.7. The standard InChI is InChI=1S/C14H16N4O2/c1-10-3-5-12(20-2)11(7-10)4-6-14(19)15-8-13-16-9-17-18-13/h3-7,9H,8H2,1-2H3,(H,15,19)(H,16,17,18)/b6-4+. The van der Waals surface area contributed by atoms with Crippen LogP contribution in [0.2, 0.25) is 0 Å². The van der Waals surface area contributed by atoms with Crippen molar-refractivity contribution >= 4 is 12.0 Å². The largest absolute Gasteiger partial charge is 0.496 e. The maximum Gasteiger partial charge on any atom is 0.244 e. The van der Waals surface area contributed by atoms with E-state index < -0.39 is 0 Å². The molecule has 0 aliphatic heterocycles. The Morgan fingerprint density at radius 2 is 2.35 bits per heavy atom. The van der Waals surface area contributed by atoms with Crippen LogP contribution in [-0.4, -0.2) is 28.2 Å². The quantitative estimate of drug-likeness (QED) is 0.807. The van der Waals surface area contributed by atoms with Gasteiger partial charge in [0.15, 0.2) is 0 Å². The molecule has 0 aliphatic carbocycles. The molecule has 1 amide bonds. The van der Waals surface area contributed by atoms with E-state index in [0.29, 0.717) is 12.4 Å². The number of amides is 1. The van der Waals surface area contributed by atoms with Gasteiger partial charge in [0.25, 0.3) is 0 Å². The van der Waals surface area contributed by atoms with Crippen LogP contribution in [0.25, 0.3) is 6.08 Å². The number of carbonyl (C=O) groups excluding carboxylic acids is 1. The number of rotatable bonds is 5. The van der Waals surface area contributed by atoms with Crippen molar-refractivity contribution in [2.24, 2.45) is 0 Å². The molecule has 1 aromatic carbocycles. The molecule has 0 atom stereocenters. The highest BCUT2D eigenvalue weighted by molar-refractivity contribution is 5.92. The molecule has 2 N–H and O–H groups in total. The molecule has 0 saturated carbocycles. The van der Waals surface area contributed by atoms with Gasteiger partial charge in [-0.3, -0.25) is 9.89 Å².